The fourth-order valence-corrected chi connectivity index (χ4v) is 4.50. The summed E-state index contributed by atoms with van der Waals surface area (Å²) in [6, 6.07) is 22.6. The maximum Gasteiger partial charge on any atom is 0.223 e. The van der Waals surface area contributed by atoms with E-state index in [0.717, 1.165) is 39.7 Å². The number of rotatable bonds is 7. The Labute approximate surface area is 210 Å². The Morgan fingerprint density at radius 2 is 1.67 bits per heavy atom. The molecule has 4 aromatic rings. The van der Waals surface area contributed by atoms with Gasteiger partial charge in [0.1, 0.15) is 23.2 Å². The third-order valence-electron chi connectivity index (χ3n) is 6.64. The van der Waals surface area contributed by atoms with Gasteiger partial charge in [-0.05, 0) is 60.9 Å². The average molecular weight is 484 g/mol. The highest BCUT2D eigenvalue weighted by atomic mass is 19.1. The molecule has 0 bridgehead atoms. The second-order valence-electron chi connectivity index (χ2n) is 9.21. The summed E-state index contributed by atoms with van der Waals surface area (Å²) >= 11 is 0. The molecule has 1 aromatic heterocycles. The SMILES string of the molecule is Cc1ccc(Nc2c(-c3ccc(F)cc3)nc3n2CCN(C(=O)CCc2ccc(CN)cc2)C3)cc1. The molecule has 0 unspecified atom stereocenters. The first-order valence-corrected chi connectivity index (χ1v) is 12.2. The maximum atomic E-state index is 13.6. The Kier molecular flexibility index (Phi) is 6.82. The van der Waals surface area contributed by atoms with E-state index in [1.54, 1.807) is 12.1 Å². The Hall–Kier alpha value is -3.97. The van der Waals surface area contributed by atoms with E-state index in [9.17, 15) is 9.18 Å². The highest BCUT2D eigenvalue weighted by Gasteiger charge is 2.27. The number of amides is 1. The van der Waals surface area contributed by atoms with Gasteiger partial charge >= 0.3 is 0 Å². The van der Waals surface area contributed by atoms with Gasteiger partial charge in [0.15, 0.2) is 0 Å². The molecule has 0 aliphatic carbocycles. The third-order valence-corrected chi connectivity index (χ3v) is 6.64. The molecule has 0 saturated carbocycles. The van der Waals surface area contributed by atoms with Gasteiger partial charge in [-0.2, -0.15) is 0 Å². The number of benzene rings is 3. The van der Waals surface area contributed by atoms with E-state index >= 15 is 0 Å². The van der Waals surface area contributed by atoms with Crippen molar-refractivity contribution >= 4 is 17.4 Å². The van der Waals surface area contributed by atoms with Crippen LogP contribution in [0.2, 0.25) is 0 Å². The molecule has 2 heterocycles. The molecule has 1 amide bonds. The number of nitrogens with two attached hydrogens (primary N) is 1. The molecule has 1 aliphatic heterocycles. The number of anilines is 2. The normalized spacial score (nSPS) is 12.9. The minimum Gasteiger partial charge on any atom is -0.340 e. The quantitative estimate of drug-likeness (QED) is 0.380. The summed E-state index contributed by atoms with van der Waals surface area (Å²) in [6.45, 7) is 4.25. The molecule has 6 nitrogen and oxygen atoms in total. The van der Waals surface area contributed by atoms with Gasteiger partial charge in [0, 0.05) is 37.3 Å². The highest BCUT2D eigenvalue weighted by Crippen LogP contribution is 2.33. The fourth-order valence-electron chi connectivity index (χ4n) is 4.50. The van der Waals surface area contributed by atoms with Gasteiger partial charge in [-0.25, -0.2) is 9.37 Å². The van der Waals surface area contributed by atoms with E-state index < -0.39 is 0 Å². The summed E-state index contributed by atoms with van der Waals surface area (Å²) in [5.74, 6) is 1.50. The monoisotopic (exact) mass is 483 g/mol. The number of aryl methyl sites for hydroxylation is 2. The number of carbonyl (C=O) groups excluding carboxylic acids is 1. The zero-order chi connectivity index (χ0) is 25.1. The number of nitrogens with zero attached hydrogens (tertiary/aromatic N) is 3. The average Bonchev–Trinajstić information content (AvgIpc) is 3.26. The van der Waals surface area contributed by atoms with Crippen LogP contribution in [0.3, 0.4) is 0 Å². The predicted octanol–water partition coefficient (Wildman–Crippen LogP) is 5.17. The number of aromatic nitrogens is 2. The summed E-state index contributed by atoms with van der Waals surface area (Å²) in [5.41, 5.74) is 11.6. The van der Waals surface area contributed by atoms with Crippen molar-refractivity contribution in [3.05, 3.63) is 101 Å². The van der Waals surface area contributed by atoms with Gasteiger partial charge in [0.05, 0.1) is 6.54 Å². The van der Waals surface area contributed by atoms with Gasteiger partial charge < -0.3 is 20.5 Å². The molecule has 0 atom stereocenters. The summed E-state index contributed by atoms with van der Waals surface area (Å²) in [7, 11) is 0. The van der Waals surface area contributed by atoms with E-state index in [2.05, 4.69) is 28.9 Å². The minimum absolute atomic E-state index is 0.114. The van der Waals surface area contributed by atoms with Crippen molar-refractivity contribution in [1.82, 2.24) is 14.5 Å². The maximum absolute atomic E-state index is 13.6. The molecule has 0 radical (unpaired) electrons. The van der Waals surface area contributed by atoms with Crippen LogP contribution in [0.25, 0.3) is 11.3 Å². The highest BCUT2D eigenvalue weighted by molar-refractivity contribution is 5.78. The van der Waals surface area contributed by atoms with Crippen LogP contribution in [0.1, 0.15) is 28.9 Å². The second kappa shape index (κ2) is 10.3. The van der Waals surface area contributed by atoms with Crippen molar-refractivity contribution in [2.24, 2.45) is 5.73 Å². The number of hydrogen-bond donors (Lipinski definition) is 2. The Morgan fingerprint density at radius 3 is 2.36 bits per heavy atom. The van der Waals surface area contributed by atoms with Gasteiger partial charge in [-0.3, -0.25) is 4.79 Å². The lowest BCUT2D eigenvalue weighted by Gasteiger charge is -2.28. The van der Waals surface area contributed by atoms with Gasteiger partial charge in [-0.1, -0.05) is 42.0 Å². The lowest BCUT2D eigenvalue weighted by Crippen LogP contribution is -2.38. The standard InChI is InChI=1S/C29H30FN5O/c1-20-2-13-25(14-3-20)32-29-28(23-9-11-24(30)12-10-23)33-26-19-34(16-17-35(26)29)27(36)15-8-21-4-6-22(18-31)7-5-21/h2-7,9-14,32H,8,15-19,31H2,1H3. The summed E-state index contributed by atoms with van der Waals surface area (Å²) < 4.78 is 15.7. The Bertz CT molecular complexity index is 1340. The Morgan fingerprint density at radius 1 is 0.972 bits per heavy atom. The smallest absolute Gasteiger partial charge is 0.223 e. The lowest BCUT2D eigenvalue weighted by molar-refractivity contribution is -0.132. The van der Waals surface area contributed by atoms with Crippen LogP contribution in [0.5, 0.6) is 0 Å². The van der Waals surface area contributed by atoms with Gasteiger partial charge in [0.2, 0.25) is 5.91 Å². The lowest BCUT2D eigenvalue weighted by atomic mass is 10.1. The first kappa shape index (κ1) is 23.8. The molecule has 184 valence electrons. The van der Waals surface area contributed by atoms with Crippen molar-refractivity contribution in [2.75, 3.05) is 11.9 Å². The number of imidazole rings is 1. The summed E-state index contributed by atoms with van der Waals surface area (Å²) in [6.07, 6.45) is 1.14. The van der Waals surface area contributed by atoms with Crippen LogP contribution in [0, 0.1) is 12.7 Å². The van der Waals surface area contributed by atoms with Crippen LogP contribution in [-0.2, 0) is 30.8 Å². The van der Waals surface area contributed by atoms with Crippen LogP contribution in [0.4, 0.5) is 15.9 Å². The second-order valence-corrected chi connectivity index (χ2v) is 9.21. The fraction of sp³-hybridized carbons (Fsp3) is 0.241. The van der Waals surface area contributed by atoms with E-state index in [4.69, 9.17) is 10.7 Å². The van der Waals surface area contributed by atoms with Crippen molar-refractivity contribution in [3.63, 3.8) is 0 Å². The number of halogens is 1. The Balaban J connectivity index is 1.36. The zero-order valence-corrected chi connectivity index (χ0v) is 20.4. The number of fused-ring (bicyclic) bond motifs is 1. The van der Waals surface area contributed by atoms with E-state index in [-0.39, 0.29) is 11.7 Å². The van der Waals surface area contributed by atoms with Gasteiger partial charge in [0.25, 0.3) is 0 Å². The molecule has 3 aromatic carbocycles. The minimum atomic E-state index is -0.287. The molecule has 5 rings (SSSR count). The van der Waals surface area contributed by atoms with E-state index in [1.165, 1.54) is 17.7 Å². The molecule has 0 saturated heterocycles. The summed E-state index contributed by atoms with van der Waals surface area (Å²) in [4.78, 5) is 19.8. The van der Waals surface area contributed by atoms with Crippen LogP contribution < -0.4 is 11.1 Å². The molecule has 7 heteroatoms. The number of hydrogen-bond acceptors (Lipinski definition) is 4. The van der Waals surface area contributed by atoms with Crippen LogP contribution in [0.15, 0.2) is 72.8 Å². The molecular weight excluding hydrogens is 453 g/mol. The largest absolute Gasteiger partial charge is 0.340 e. The topological polar surface area (TPSA) is 76.2 Å². The first-order chi connectivity index (χ1) is 17.5. The number of carbonyl (C=O) groups is 1. The zero-order valence-electron chi connectivity index (χ0n) is 20.4. The molecule has 3 N–H and O–H groups in total. The number of nitrogens with one attached hydrogen (secondary N) is 1. The van der Waals surface area contributed by atoms with Gasteiger partial charge in [-0.15, -0.1) is 0 Å². The molecule has 0 fully saturated rings. The van der Waals surface area contributed by atoms with Crippen molar-refractivity contribution < 1.29 is 9.18 Å². The molecule has 36 heavy (non-hydrogen) atoms. The van der Waals surface area contributed by atoms with Crippen molar-refractivity contribution in [3.8, 4) is 11.3 Å². The van der Waals surface area contributed by atoms with Crippen molar-refractivity contribution in [2.45, 2.75) is 39.4 Å². The van der Waals surface area contributed by atoms with Crippen molar-refractivity contribution in [1.29, 1.82) is 0 Å². The molecular formula is C29H30FN5O. The summed E-state index contributed by atoms with van der Waals surface area (Å²) in [5, 5.41) is 3.52. The van der Waals surface area contributed by atoms with Crippen LogP contribution in [-0.4, -0.2) is 26.9 Å². The molecule has 1 aliphatic rings. The van der Waals surface area contributed by atoms with Crippen LogP contribution >= 0.6 is 0 Å². The first-order valence-electron chi connectivity index (χ1n) is 12.2. The third kappa shape index (κ3) is 5.16. The predicted molar refractivity (Wildman–Crippen MR) is 140 cm³/mol. The molecule has 0 spiro atoms. The van der Waals surface area contributed by atoms with E-state index in [0.29, 0.717) is 39.0 Å². The van der Waals surface area contributed by atoms with E-state index in [1.807, 2.05) is 41.3 Å².